The minimum atomic E-state index is -0.832. The molecule has 0 aliphatic carbocycles. The quantitative estimate of drug-likeness (QED) is 0.210. The third-order valence-corrected chi connectivity index (χ3v) is 6.66. The molecule has 39 heavy (non-hydrogen) atoms. The number of likely N-dealkylation sites (tertiary alicyclic amines) is 1. The van der Waals surface area contributed by atoms with E-state index < -0.39 is 17.7 Å². The lowest BCUT2D eigenvalue weighted by Gasteiger charge is -2.25. The Morgan fingerprint density at radius 1 is 0.949 bits per heavy atom. The van der Waals surface area contributed by atoms with Crippen LogP contribution in [0.25, 0.3) is 5.76 Å². The molecule has 1 heterocycles. The summed E-state index contributed by atoms with van der Waals surface area (Å²) in [4.78, 5) is 27.7. The lowest BCUT2D eigenvalue weighted by atomic mass is 9.95. The van der Waals surface area contributed by atoms with Crippen LogP contribution in [-0.4, -0.2) is 55.7 Å². The Balaban J connectivity index is 1.69. The Morgan fingerprint density at radius 2 is 1.69 bits per heavy atom. The molecule has 4 rings (SSSR count). The summed E-state index contributed by atoms with van der Waals surface area (Å²) in [5, 5.41) is 11.3. The minimum absolute atomic E-state index is 0.00380. The van der Waals surface area contributed by atoms with Gasteiger partial charge in [-0.05, 0) is 66.9 Å². The van der Waals surface area contributed by atoms with Crippen LogP contribution in [0.1, 0.15) is 35.2 Å². The maximum absolute atomic E-state index is 13.2. The molecule has 1 atom stereocenters. The molecule has 8 nitrogen and oxygen atoms in total. The van der Waals surface area contributed by atoms with Crippen molar-refractivity contribution in [1.29, 1.82) is 0 Å². The van der Waals surface area contributed by atoms with Crippen LogP contribution in [0.3, 0.4) is 0 Å². The van der Waals surface area contributed by atoms with Gasteiger partial charge >= 0.3 is 0 Å². The molecule has 1 fully saturated rings. The number of carbonyl (C=O) groups excluding carboxylic acids is 2. The van der Waals surface area contributed by atoms with Crippen LogP contribution < -0.4 is 14.2 Å². The van der Waals surface area contributed by atoms with Crippen molar-refractivity contribution >= 4 is 17.4 Å². The molecular formula is C31H33NO7. The summed E-state index contributed by atoms with van der Waals surface area (Å²) in [6.45, 7) is 5.15. The number of carbonyl (C=O) groups is 2. The van der Waals surface area contributed by atoms with E-state index in [2.05, 4.69) is 0 Å². The van der Waals surface area contributed by atoms with E-state index in [9.17, 15) is 14.7 Å². The van der Waals surface area contributed by atoms with Gasteiger partial charge in [0.05, 0.1) is 31.9 Å². The summed E-state index contributed by atoms with van der Waals surface area (Å²) < 4.78 is 22.2. The number of benzene rings is 3. The zero-order valence-electron chi connectivity index (χ0n) is 22.6. The first-order chi connectivity index (χ1) is 18.9. The fraction of sp³-hybridized carbons (Fsp3) is 0.290. The Morgan fingerprint density at radius 3 is 2.36 bits per heavy atom. The highest BCUT2D eigenvalue weighted by Crippen LogP contribution is 2.42. The monoisotopic (exact) mass is 531 g/mol. The molecule has 0 spiro atoms. The van der Waals surface area contributed by atoms with Gasteiger partial charge in [-0.2, -0.15) is 0 Å². The molecule has 3 aromatic carbocycles. The molecule has 1 amide bonds. The number of ether oxygens (including phenoxy) is 4. The smallest absolute Gasteiger partial charge is 0.295 e. The number of rotatable bonds is 11. The van der Waals surface area contributed by atoms with Crippen molar-refractivity contribution in [3.8, 4) is 17.2 Å². The number of nitrogens with zero attached hydrogens (tertiary/aromatic N) is 1. The van der Waals surface area contributed by atoms with Gasteiger partial charge in [-0.15, -0.1) is 0 Å². The second kappa shape index (κ2) is 12.5. The fourth-order valence-corrected chi connectivity index (χ4v) is 4.57. The number of aryl methyl sites for hydroxylation is 1. The van der Waals surface area contributed by atoms with Crippen molar-refractivity contribution in [3.05, 3.63) is 94.6 Å². The fourth-order valence-electron chi connectivity index (χ4n) is 4.57. The highest BCUT2D eigenvalue weighted by atomic mass is 16.5. The number of hydrogen-bond acceptors (Lipinski definition) is 7. The summed E-state index contributed by atoms with van der Waals surface area (Å²) in [5.41, 5.74) is 3.20. The topological polar surface area (TPSA) is 94.5 Å². The third-order valence-electron chi connectivity index (χ3n) is 6.66. The first-order valence-corrected chi connectivity index (χ1v) is 12.7. The molecular weight excluding hydrogens is 498 g/mol. The van der Waals surface area contributed by atoms with Gasteiger partial charge in [-0.25, -0.2) is 0 Å². The van der Waals surface area contributed by atoms with Crippen LogP contribution in [0.15, 0.2) is 72.3 Å². The maximum Gasteiger partial charge on any atom is 0.295 e. The number of aliphatic hydroxyl groups is 1. The van der Waals surface area contributed by atoms with Crippen molar-refractivity contribution in [3.63, 3.8) is 0 Å². The third kappa shape index (κ3) is 5.91. The summed E-state index contributed by atoms with van der Waals surface area (Å²) in [6.07, 6.45) is 0. The number of Topliss-reactive ketones (excluding diaryl/α,β-unsaturated/α-hetero) is 1. The zero-order chi connectivity index (χ0) is 27.9. The largest absolute Gasteiger partial charge is 0.507 e. The number of methoxy groups -OCH3 is 2. The van der Waals surface area contributed by atoms with Crippen LogP contribution in [0, 0.1) is 6.92 Å². The molecule has 204 valence electrons. The van der Waals surface area contributed by atoms with Crippen LogP contribution in [-0.2, 0) is 20.9 Å². The van der Waals surface area contributed by atoms with Crippen molar-refractivity contribution in [2.24, 2.45) is 0 Å². The van der Waals surface area contributed by atoms with E-state index in [4.69, 9.17) is 18.9 Å². The summed E-state index contributed by atoms with van der Waals surface area (Å²) in [6, 6.07) is 19.1. The van der Waals surface area contributed by atoms with Crippen LogP contribution in [0.4, 0.5) is 0 Å². The highest BCUT2D eigenvalue weighted by Gasteiger charge is 2.46. The van der Waals surface area contributed by atoms with Gasteiger partial charge in [0, 0.05) is 19.2 Å². The molecule has 1 aliphatic heterocycles. The van der Waals surface area contributed by atoms with Crippen molar-refractivity contribution in [2.75, 3.05) is 34.0 Å². The predicted molar refractivity (Wildman–Crippen MR) is 147 cm³/mol. The molecule has 1 N–H and O–H groups in total. The minimum Gasteiger partial charge on any atom is -0.507 e. The maximum atomic E-state index is 13.2. The summed E-state index contributed by atoms with van der Waals surface area (Å²) in [7, 11) is 3.04. The Hall–Kier alpha value is -4.30. The van der Waals surface area contributed by atoms with Gasteiger partial charge < -0.3 is 29.0 Å². The van der Waals surface area contributed by atoms with E-state index in [0.29, 0.717) is 41.6 Å². The van der Waals surface area contributed by atoms with Crippen molar-refractivity contribution < 1.29 is 33.6 Å². The van der Waals surface area contributed by atoms with E-state index in [1.165, 1.54) is 19.1 Å². The van der Waals surface area contributed by atoms with Crippen LogP contribution in [0.5, 0.6) is 17.2 Å². The highest BCUT2D eigenvalue weighted by molar-refractivity contribution is 6.46. The number of amides is 1. The normalized spacial score (nSPS) is 16.4. The molecule has 1 unspecified atom stereocenters. The molecule has 1 aliphatic rings. The Bertz CT molecular complexity index is 1360. The second-order valence-corrected chi connectivity index (χ2v) is 9.07. The van der Waals surface area contributed by atoms with Gasteiger partial charge in [0.2, 0.25) is 0 Å². The van der Waals surface area contributed by atoms with Crippen molar-refractivity contribution in [2.45, 2.75) is 26.5 Å². The van der Waals surface area contributed by atoms with E-state index >= 15 is 0 Å². The van der Waals surface area contributed by atoms with E-state index in [1.54, 1.807) is 42.5 Å². The summed E-state index contributed by atoms with van der Waals surface area (Å²) >= 11 is 0. The van der Waals surface area contributed by atoms with Gasteiger partial charge in [-0.1, -0.05) is 30.3 Å². The molecule has 0 bridgehead atoms. The summed E-state index contributed by atoms with van der Waals surface area (Å²) in [5.74, 6) is -0.119. The van der Waals surface area contributed by atoms with Crippen LogP contribution >= 0.6 is 0 Å². The van der Waals surface area contributed by atoms with Gasteiger partial charge in [0.1, 0.15) is 18.1 Å². The molecule has 3 aromatic rings. The lowest BCUT2D eigenvalue weighted by molar-refractivity contribution is -0.140. The second-order valence-electron chi connectivity index (χ2n) is 9.07. The van der Waals surface area contributed by atoms with Gasteiger partial charge in [-0.3, -0.25) is 9.59 Å². The average Bonchev–Trinajstić information content (AvgIpc) is 3.21. The average molecular weight is 532 g/mol. The van der Waals surface area contributed by atoms with Gasteiger partial charge in [0.25, 0.3) is 11.7 Å². The molecule has 0 radical (unpaired) electrons. The first kappa shape index (κ1) is 27.7. The number of hydrogen-bond donors (Lipinski definition) is 1. The molecule has 0 saturated carbocycles. The zero-order valence-corrected chi connectivity index (χ0v) is 22.6. The SMILES string of the molecule is CCOc1ccc(C2/C(=C(\O)c3ccc(OCc4ccccc4C)cc3)C(=O)C(=O)N2CCOC)cc1OC. The first-order valence-electron chi connectivity index (χ1n) is 12.7. The van der Waals surface area contributed by atoms with E-state index in [-0.39, 0.29) is 24.5 Å². The molecule has 8 heteroatoms. The lowest BCUT2D eigenvalue weighted by Crippen LogP contribution is -2.32. The Kier molecular flexibility index (Phi) is 8.88. The Labute approximate surface area is 228 Å². The van der Waals surface area contributed by atoms with Crippen LogP contribution in [0.2, 0.25) is 0 Å². The van der Waals surface area contributed by atoms with Crippen molar-refractivity contribution in [1.82, 2.24) is 4.90 Å². The van der Waals surface area contributed by atoms with Gasteiger partial charge in [0.15, 0.2) is 11.5 Å². The standard InChI is InChI=1S/C31H33NO7/c1-5-38-25-15-12-22(18-26(25)37-4)28-27(30(34)31(35)32(28)16-17-36-3)29(33)21-10-13-24(14-11-21)39-19-23-9-7-6-8-20(23)2/h6-15,18,28,33H,5,16-17,19H2,1-4H3/b29-27+. The molecule has 0 aromatic heterocycles. The number of aliphatic hydroxyl groups excluding tert-OH is 1. The predicted octanol–water partition coefficient (Wildman–Crippen LogP) is 5.05. The molecule has 1 saturated heterocycles. The number of ketones is 1. The van der Waals surface area contributed by atoms with E-state index in [1.807, 2.05) is 38.1 Å². The van der Waals surface area contributed by atoms with E-state index in [0.717, 1.165) is 11.1 Å².